The van der Waals surface area contributed by atoms with E-state index in [2.05, 4.69) is 51.8 Å². The molecule has 0 saturated heterocycles. The number of ether oxygens (including phenoxy) is 1. The smallest absolute Gasteiger partial charge is 0.170 e. The number of H-pyrrole nitrogens is 1. The zero-order valence-corrected chi connectivity index (χ0v) is 17.6. The summed E-state index contributed by atoms with van der Waals surface area (Å²) < 4.78 is 5.86. The van der Waals surface area contributed by atoms with E-state index in [0.717, 1.165) is 41.3 Å². The number of hydrogen-bond donors (Lipinski definition) is 3. The van der Waals surface area contributed by atoms with Crippen molar-refractivity contribution < 1.29 is 4.74 Å². The monoisotopic (exact) mass is 416 g/mol. The molecule has 0 aliphatic carbocycles. The molecule has 0 spiro atoms. The second kappa shape index (κ2) is 9.41. The summed E-state index contributed by atoms with van der Waals surface area (Å²) in [7, 11) is 0. The molecule has 4 rings (SSSR count). The molecule has 6 heteroatoms. The van der Waals surface area contributed by atoms with Crippen LogP contribution in [-0.2, 0) is 13.0 Å². The number of rotatable bonds is 7. The molecule has 0 saturated carbocycles. The Morgan fingerprint density at radius 2 is 1.83 bits per heavy atom. The van der Waals surface area contributed by atoms with Crippen LogP contribution in [0, 0.1) is 6.92 Å². The summed E-state index contributed by atoms with van der Waals surface area (Å²) in [6, 6.07) is 24.2. The summed E-state index contributed by atoms with van der Waals surface area (Å²) in [4.78, 5) is 7.86. The van der Waals surface area contributed by atoms with Gasteiger partial charge in [0.05, 0.1) is 11.0 Å². The molecule has 1 aromatic heterocycles. The van der Waals surface area contributed by atoms with Crippen molar-refractivity contribution in [1.29, 1.82) is 0 Å². The maximum atomic E-state index is 5.86. The van der Waals surface area contributed by atoms with Gasteiger partial charge in [-0.25, -0.2) is 4.98 Å². The van der Waals surface area contributed by atoms with Crippen molar-refractivity contribution in [3.05, 3.63) is 89.7 Å². The lowest BCUT2D eigenvalue weighted by molar-refractivity contribution is 0.297. The quantitative estimate of drug-likeness (QED) is 0.371. The third kappa shape index (κ3) is 5.36. The van der Waals surface area contributed by atoms with Crippen LogP contribution in [0.2, 0.25) is 0 Å². The Labute approximate surface area is 181 Å². The first-order valence-electron chi connectivity index (χ1n) is 9.92. The number of imidazole rings is 1. The van der Waals surface area contributed by atoms with E-state index in [9.17, 15) is 0 Å². The van der Waals surface area contributed by atoms with Crippen LogP contribution in [0.1, 0.15) is 17.0 Å². The zero-order chi connectivity index (χ0) is 20.8. The van der Waals surface area contributed by atoms with Gasteiger partial charge in [-0.1, -0.05) is 36.4 Å². The Kier molecular flexibility index (Phi) is 6.25. The highest BCUT2D eigenvalue weighted by Crippen LogP contribution is 2.18. The molecule has 0 radical (unpaired) electrons. The van der Waals surface area contributed by atoms with E-state index in [1.54, 1.807) is 0 Å². The van der Waals surface area contributed by atoms with Crippen molar-refractivity contribution in [1.82, 2.24) is 15.3 Å². The fourth-order valence-electron chi connectivity index (χ4n) is 3.17. The predicted molar refractivity (Wildman–Crippen MR) is 126 cm³/mol. The highest BCUT2D eigenvalue weighted by atomic mass is 32.1. The maximum Gasteiger partial charge on any atom is 0.170 e. The molecule has 0 atom stereocenters. The Bertz CT molecular complexity index is 1120. The molecule has 0 aliphatic rings. The third-order valence-electron chi connectivity index (χ3n) is 4.72. The first-order valence-corrected chi connectivity index (χ1v) is 10.3. The van der Waals surface area contributed by atoms with Crippen molar-refractivity contribution in [2.75, 3.05) is 11.9 Å². The first-order chi connectivity index (χ1) is 14.7. The fraction of sp³-hybridized carbons (Fsp3) is 0.167. The molecule has 3 N–H and O–H groups in total. The number of nitrogens with one attached hydrogen (secondary N) is 3. The highest BCUT2D eigenvalue weighted by molar-refractivity contribution is 7.80. The molecule has 30 heavy (non-hydrogen) atoms. The number of aromatic nitrogens is 2. The fourth-order valence-corrected chi connectivity index (χ4v) is 3.39. The van der Waals surface area contributed by atoms with Crippen LogP contribution >= 0.6 is 12.2 Å². The second-order valence-electron chi connectivity index (χ2n) is 7.13. The first kappa shape index (κ1) is 19.9. The lowest BCUT2D eigenvalue weighted by Gasteiger charge is -2.11. The molecule has 5 nitrogen and oxygen atoms in total. The van der Waals surface area contributed by atoms with Gasteiger partial charge >= 0.3 is 0 Å². The summed E-state index contributed by atoms with van der Waals surface area (Å²) in [6.07, 6.45) is 0.927. The van der Waals surface area contributed by atoms with Gasteiger partial charge in [0.2, 0.25) is 0 Å². The molecule has 0 bridgehead atoms. The molecule has 1 heterocycles. The lowest BCUT2D eigenvalue weighted by Crippen LogP contribution is -2.30. The van der Waals surface area contributed by atoms with Crippen LogP contribution in [0.15, 0.2) is 72.8 Å². The van der Waals surface area contributed by atoms with Crippen molar-refractivity contribution >= 4 is 34.1 Å². The average molecular weight is 417 g/mol. The second-order valence-corrected chi connectivity index (χ2v) is 7.54. The van der Waals surface area contributed by atoms with Gasteiger partial charge in [-0.3, -0.25) is 0 Å². The van der Waals surface area contributed by atoms with Crippen molar-refractivity contribution in [3.63, 3.8) is 0 Å². The van der Waals surface area contributed by atoms with E-state index in [4.69, 9.17) is 17.0 Å². The third-order valence-corrected chi connectivity index (χ3v) is 4.96. The van der Waals surface area contributed by atoms with E-state index in [-0.39, 0.29) is 0 Å². The number of anilines is 1. The van der Waals surface area contributed by atoms with Crippen molar-refractivity contribution in [3.8, 4) is 5.75 Å². The minimum Gasteiger partial charge on any atom is -0.486 e. The molecule has 0 amide bonds. The van der Waals surface area contributed by atoms with Crippen molar-refractivity contribution in [2.45, 2.75) is 20.0 Å². The van der Waals surface area contributed by atoms with E-state index < -0.39 is 0 Å². The maximum absolute atomic E-state index is 5.86. The number of hydrogen-bond acceptors (Lipinski definition) is 3. The zero-order valence-electron chi connectivity index (χ0n) is 16.8. The standard InChI is InChI=1S/C24H24N4OS/c1-17-7-12-21-22(15-17)28-23(27-21)16-29-20-10-8-19(9-11-20)26-24(30)25-14-13-18-5-3-2-4-6-18/h2-12,15H,13-14,16H2,1H3,(H,27,28)(H2,25,26,30). The summed E-state index contributed by atoms with van der Waals surface area (Å²) in [5.74, 6) is 1.58. The number of aryl methyl sites for hydroxylation is 1. The van der Waals surface area contributed by atoms with Gasteiger partial charge in [-0.2, -0.15) is 0 Å². The largest absolute Gasteiger partial charge is 0.486 e. The highest BCUT2D eigenvalue weighted by Gasteiger charge is 2.04. The number of benzene rings is 3. The van der Waals surface area contributed by atoms with E-state index >= 15 is 0 Å². The summed E-state index contributed by atoms with van der Waals surface area (Å²) in [5, 5.41) is 7.04. The van der Waals surface area contributed by atoms with Crippen LogP contribution in [0.25, 0.3) is 11.0 Å². The minimum atomic E-state index is 0.389. The van der Waals surface area contributed by atoms with Crippen LogP contribution in [0.4, 0.5) is 5.69 Å². The van der Waals surface area contributed by atoms with Crippen LogP contribution in [0.5, 0.6) is 5.75 Å². The summed E-state index contributed by atoms with van der Waals surface area (Å²) in [6.45, 7) is 3.24. The number of nitrogens with zero attached hydrogens (tertiary/aromatic N) is 1. The predicted octanol–water partition coefficient (Wildman–Crippen LogP) is 4.98. The Balaban J connectivity index is 1.24. The van der Waals surface area contributed by atoms with Gasteiger partial charge in [-0.15, -0.1) is 0 Å². The Morgan fingerprint density at radius 3 is 2.63 bits per heavy atom. The number of aromatic amines is 1. The molecular formula is C24H24N4OS. The summed E-state index contributed by atoms with van der Waals surface area (Å²) >= 11 is 5.37. The van der Waals surface area contributed by atoms with Gasteiger partial charge in [0.15, 0.2) is 5.11 Å². The molecule has 0 fully saturated rings. The molecule has 152 valence electrons. The molecular weight excluding hydrogens is 392 g/mol. The topological polar surface area (TPSA) is 62.0 Å². The average Bonchev–Trinajstić information content (AvgIpc) is 3.16. The van der Waals surface area contributed by atoms with E-state index in [1.165, 1.54) is 11.1 Å². The molecule has 4 aromatic rings. The van der Waals surface area contributed by atoms with E-state index in [0.29, 0.717) is 11.7 Å². The SMILES string of the molecule is Cc1ccc2nc(COc3ccc(NC(=S)NCCc4ccccc4)cc3)[nH]c2c1. The number of fused-ring (bicyclic) bond motifs is 1. The van der Waals surface area contributed by atoms with Gasteiger partial charge < -0.3 is 20.4 Å². The Morgan fingerprint density at radius 1 is 1.03 bits per heavy atom. The van der Waals surface area contributed by atoms with Gasteiger partial charge in [0, 0.05) is 12.2 Å². The van der Waals surface area contributed by atoms with Crippen LogP contribution in [0.3, 0.4) is 0 Å². The molecule has 0 unspecified atom stereocenters. The molecule has 3 aromatic carbocycles. The summed E-state index contributed by atoms with van der Waals surface area (Å²) in [5.41, 5.74) is 5.38. The van der Waals surface area contributed by atoms with Crippen LogP contribution < -0.4 is 15.4 Å². The Hall–Kier alpha value is -3.38. The number of thiocarbonyl (C=S) groups is 1. The minimum absolute atomic E-state index is 0.389. The normalized spacial score (nSPS) is 10.7. The van der Waals surface area contributed by atoms with Gasteiger partial charge in [0.25, 0.3) is 0 Å². The lowest BCUT2D eigenvalue weighted by atomic mass is 10.1. The van der Waals surface area contributed by atoms with Crippen LogP contribution in [-0.4, -0.2) is 21.6 Å². The van der Waals surface area contributed by atoms with Crippen molar-refractivity contribution in [2.24, 2.45) is 0 Å². The van der Waals surface area contributed by atoms with Gasteiger partial charge in [-0.05, 0) is 73.1 Å². The molecule has 0 aliphatic heterocycles. The van der Waals surface area contributed by atoms with E-state index in [1.807, 2.05) is 48.5 Å². The van der Waals surface area contributed by atoms with Gasteiger partial charge in [0.1, 0.15) is 18.2 Å².